The van der Waals surface area contributed by atoms with Gasteiger partial charge in [-0.3, -0.25) is 0 Å². The molecule has 16 heteroatoms. The van der Waals surface area contributed by atoms with Crippen LogP contribution in [0.5, 0.6) is 0 Å². The van der Waals surface area contributed by atoms with Crippen molar-refractivity contribution in [1.29, 1.82) is 0 Å². The Kier molecular flexibility index (Phi) is 17.0. The van der Waals surface area contributed by atoms with E-state index in [1.807, 2.05) is 0 Å². The molecule has 0 radical (unpaired) electrons. The van der Waals surface area contributed by atoms with Gasteiger partial charge in [-0.05, 0) is 0 Å². The van der Waals surface area contributed by atoms with Gasteiger partial charge in [0.05, 0.1) is 0 Å². The van der Waals surface area contributed by atoms with Crippen molar-refractivity contribution in [2.45, 2.75) is 139 Å². The van der Waals surface area contributed by atoms with Gasteiger partial charge in [0.25, 0.3) is 0 Å². The molecule has 3 saturated carbocycles. The molecule has 3 fully saturated rings. The van der Waals surface area contributed by atoms with Crippen LogP contribution >= 0.6 is 0 Å². The number of amides is 2. The van der Waals surface area contributed by atoms with Crippen LogP contribution in [0.1, 0.15) is 103 Å². The molecule has 3 rings (SSSR count). The van der Waals surface area contributed by atoms with Crippen molar-refractivity contribution in [2.75, 3.05) is 0 Å². The number of nitrogens with two attached hydrogens (primary N) is 1. The van der Waals surface area contributed by atoms with Crippen LogP contribution in [0.15, 0.2) is 36.5 Å². The number of esters is 3. The van der Waals surface area contributed by atoms with Gasteiger partial charge in [-0.15, -0.1) is 0 Å². The minimum absolute atomic E-state index is 0.0177. The topological polar surface area (TPSA) is 200 Å². The average molecular weight is 731 g/mol. The molecule has 53 heavy (non-hydrogen) atoms. The summed E-state index contributed by atoms with van der Waals surface area (Å²) in [4.78, 5) is 76.6. The summed E-state index contributed by atoms with van der Waals surface area (Å²) in [5.74, 6) is -4.36. The third-order valence-electron chi connectivity index (χ3n) is 9.84. The number of nitrogens with one attached hydrogen (secondary N) is 2. The molecule has 0 aliphatic heterocycles. The van der Waals surface area contributed by atoms with Crippen LogP contribution in [0.4, 0.5) is 0 Å². The Hall–Kier alpha value is -4.20. The molecule has 284 valence electrons. The van der Waals surface area contributed by atoms with E-state index in [4.69, 9.17) is 25.1 Å². The standard InChI is InChI=1S/C37H52B3N3O10/c1-20-17-23(7-10-26(20)38)51-35(48)29(41)13-15-32(44)43-31(37(50)53-25-9-12-28(40)22(3)19-25)14-16-33(45)42-30(5-4-6-34(46)47)36(49)52-24-8-11-27(39)21(2)18-24/h23-25,29-31,38-40H,1-19,41H2,(H,42,45)(H,43,44)(H,46,47). The van der Waals surface area contributed by atoms with Gasteiger partial charge < -0.3 is 0 Å². The van der Waals surface area contributed by atoms with Crippen molar-refractivity contribution in [3.05, 3.63) is 36.5 Å². The Labute approximate surface area is 314 Å². The molecule has 13 nitrogen and oxygen atoms in total. The van der Waals surface area contributed by atoms with E-state index in [1.54, 1.807) is 0 Å². The number of carbonyl (C=O) groups excluding carboxylic acids is 5. The molecule has 3 aliphatic rings. The summed E-state index contributed by atoms with van der Waals surface area (Å²) in [7, 11) is 11.8. The van der Waals surface area contributed by atoms with Gasteiger partial charge >= 0.3 is 315 Å². The Morgan fingerprint density at radius 3 is 1.42 bits per heavy atom. The fourth-order valence-corrected chi connectivity index (χ4v) is 6.31. The Balaban J connectivity index is 1.61. The second-order valence-corrected chi connectivity index (χ2v) is 14.2. The Morgan fingerprint density at radius 1 is 0.642 bits per heavy atom. The number of hydrogen-bond donors (Lipinski definition) is 4. The molecule has 3 aliphatic carbocycles. The predicted octanol–water partition coefficient (Wildman–Crippen LogP) is 0.274. The van der Waals surface area contributed by atoms with E-state index in [2.05, 4.69) is 52.8 Å². The molecular weight excluding hydrogens is 679 g/mol. The SMILES string of the molecule is B=C1CCC(OC(=O)C(N)CCC(=O)NC(CCC(=O)NC(CCCC(=O)O)C(=O)OC2CCC(=B)C(=C)C2)C(=O)OC2CCC(=B)C(=C)C2)CC1=C. The molecule has 0 bridgehead atoms. The summed E-state index contributed by atoms with van der Waals surface area (Å²) in [6, 6.07) is -3.46. The quantitative estimate of drug-likeness (QED) is 0.0858. The number of carbonyl (C=O) groups is 6. The molecule has 0 aromatic carbocycles. The monoisotopic (exact) mass is 731 g/mol. The molecule has 2 amide bonds. The predicted molar refractivity (Wildman–Crippen MR) is 207 cm³/mol. The average Bonchev–Trinajstić information content (AvgIpc) is 3.09. The summed E-state index contributed by atoms with van der Waals surface area (Å²) in [6.07, 6.45) is 2.66. The number of rotatable bonds is 18. The van der Waals surface area contributed by atoms with Crippen LogP contribution in [0.25, 0.3) is 0 Å². The van der Waals surface area contributed by atoms with E-state index in [1.165, 1.54) is 0 Å². The second-order valence-electron chi connectivity index (χ2n) is 14.2. The molecule has 0 spiro atoms. The van der Waals surface area contributed by atoms with Crippen molar-refractivity contribution in [3.63, 3.8) is 0 Å². The van der Waals surface area contributed by atoms with Crippen molar-refractivity contribution in [3.8, 4) is 0 Å². The molecule has 0 heterocycles. The number of carboxylic acids is 1. The van der Waals surface area contributed by atoms with Crippen molar-refractivity contribution in [1.82, 2.24) is 10.6 Å². The number of aliphatic carboxylic acids is 1. The third kappa shape index (κ3) is 14.6. The van der Waals surface area contributed by atoms with Crippen LogP contribution < -0.4 is 16.4 Å². The van der Waals surface area contributed by atoms with Crippen LogP contribution in [0, 0.1) is 0 Å². The molecule has 5 N–H and O–H groups in total. The maximum atomic E-state index is 13.4. The van der Waals surface area contributed by atoms with Crippen molar-refractivity contribution < 1.29 is 48.1 Å². The van der Waals surface area contributed by atoms with Gasteiger partial charge in [-0.25, -0.2) is 0 Å². The molecular formula is C37H52B3N3O10. The zero-order valence-electron chi connectivity index (χ0n) is 30.7. The van der Waals surface area contributed by atoms with Crippen LogP contribution in [0.3, 0.4) is 0 Å². The molecule has 6 unspecified atom stereocenters. The zero-order chi connectivity index (χ0) is 39.2. The van der Waals surface area contributed by atoms with Crippen molar-refractivity contribution >= 4 is 74.5 Å². The normalized spacial score (nSPS) is 22.2. The van der Waals surface area contributed by atoms with E-state index in [9.17, 15) is 28.8 Å². The minimum atomic E-state index is -1.24. The van der Waals surface area contributed by atoms with Gasteiger partial charge in [0.15, 0.2) is 0 Å². The zero-order valence-corrected chi connectivity index (χ0v) is 30.7. The molecule has 0 aromatic heterocycles. The summed E-state index contributed by atoms with van der Waals surface area (Å²) < 4.78 is 16.9. The maximum absolute atomic E-state index is 13.4. The van der Waals surface area contributed by atoms with Crippen LogP contribution in [0.2, 0.25) is 0 Å². The summed E-state index contributed by atoms with van der Waals surface area (Å²) in [6.45, 7) is 11.9. The van der Waals surface area contributed by atoms with Crippen LogP contribution in [-0.2, 0) is 43.0 Å². The number of hydrogen-bond acceptors (Lipinski definition) is 10. The van der Waals surface area contributed by atoms with E-state index in [0.717, 1.165) is 33.1 Å². The number of carboxylic acid groups (broad SMARTS) is 1. The molecule has 0 aromatic rings. The first-order valence-electron chi connectivity index (χ1n) is 18.3. The summed E-state index contributed by atoms with van der Waals surface area (Å²) >= 11 is 0. The third-order valence-corrected chi connectivity index (χ3v) is 9.84. The Bertz CT molecular complexity index is 1530. The first-order valence-corrected chi connectivity index (χ1v) is 18.3. The summed E-state index contributed by atoms with van der Waals surface area (Å²) in [5.41, 5.74) is 11.1. The fourth-order valence-electron chi connectivity index (χ4n) is 6.31. The molecule has 0 saturated heterocycles. The van der Waals surface area contributed by atoms with E-state index < -0.39 is 66.0 Å². The van der Waals surface area contributed by atoms with Crippen molar-refractivity contribution in [2.24, 2.45) is 5.73 Å². The van der Waals surface area contributed by atoms with Gasteiger partial charge in [0, 0.05) is 0 Å². The number of ether oxygens (including phenoxy) is 3. The first kappa shape index (κ1) is 43.2. The first-order chi connectivity index (χ1) is 25.0. The summed E-state index contributed by atoms with van der Waals surface area (Å²) in [5, 5.41) is 14.3. The fraction of sp³-hybridized carbons (Fsp3) is 0.595. The molecule has 6 atom stereocenters. The Morgan fingerprint density at radius 2 is 1.02 bits per heavy atom. The van der Waals surface area contributed by atoms with E-state index >= 15 is 0 Å². The van der Waals surface area contributed by atoms with Gasteiger partial charge in [0.2, 0.25) is 0 Å². The second kappa shape index (κ2) is 20.9. The van der Waals surface area contributed by atoms with Gasteiger partial charge in [-0.1, -0.05) is 0 Å². The van der Waals surface area contributed by atoms with Gasteiger partial charge in [-0.2, -0.15) is 0 Å². The van der Waals surface area contributed by atoms with E-state index in [-0.39, 0.29) is 51.0 Å². The van der Waals surface area contributed by atoms with Crippen LogP contribution in [-0.4, -0.2) is 116 Å². The van der Waals surface area contributed by atoms with Gasteiger partial charge in [0.1, 0.15) is 0 Å². The van der Waals surface area contributed by atoms with E-state index in [0.29, 0.717) is 57.8 Å².